The minimum Gasteiger partial charge on any atom is -0.387 e. The number of ether oxygens (including phenoxy) is 1. The Labute approximate surface area is 223 Å². The molecule has 2 unspecified atom stereocenters. The molecular formula is C18H25N5O14P3+. The Morgan fingerprint density at radius 3 is 2.48 bits per heavy atom. The van der Waals surface area contributed by atoms with E-state index in [4.69, 9.17) is 20.3 Å². The van der Waals surface area contributed by atoms with Crippen molar-refractivity contribution in [1.29, 1.82) is 0 Å². The van der Waals surface area contributed by atoms with Crippen LogP contribution in [-0.2, 0) is 38.1 Å². The van der Waals surface area contributed by atoms with E-state index in [0.717, 1.165) is 11.1 Å². The molecule has 0 bridgehead atoms. The highest BCUT2D eigenvalue weighted by atomic mass is 31.3. The number of nitrogens with two attached hydrogens (primary N) is 1. The van der Waals surface area contributed by atoms with Gasteiger partial charge in [-0.15, -0.1) is 0 Å². The zero-order chi connectivity index (χ0) is 29.6. The van der Waals surface area contributed by atoms with Crippen molar-refractivity contribution in [3.8, 4) is 0 Å². The van der Waals surface area contributed by atoms with Crippen LogP contribution in [0.1, 0.15) is 17.4 Å². The van der Waals surface area contributed by atoms with Gasteiger partial charge in [0.2, 0.25) is 11.7 Å². The molecule has 1 aliphatic rings. The van der Waals surface area contributed by atoms with Gasteiger partial charge in [-0.25, -0.2) is 18.3 Å². The van der Waals surface area contributed by atoms with E-state index >= 15 is 0 Å². The summed E-state index contributed by atoms with van der Waals surface area (Å²) in [6, 6.07) is 7.43. The van der Waals surface area contributed by atoms with Crippen molar-refractivity contribution in [3.05, 3.63) is 52.1 Å². The lowest BCUT2D eigenvalue weighted by Gasteiger charge is -2.18. The molecule has 0 amide bonds. The molecule has 0 aliphatic carbocycles. The maximum absolute atomic E-state index is 12.8. The second-order valence-corrected chi connectivity index (χ2v) is 13.1. The van der Waals surface area contributed by atoms with Gasteiger partial charge in [-0.3, -0.25) is 18.9 Å². The number of anilines is 1. The van der Waals surface area contributed by atoms with Crippen LogP contribution in [0.3, 0.4) is 0 Å². The first-order valence-electron chi connectivity index (χ1n) is 11.1. The molecule has 22 heteroatoms. The van der Waals surface area contributed by atoms with Gasteiger partial charge in [-0.2, -0.15) is 8.62 Å². The number of rotatable bonds is 10. The van der Waals surface area contributed by atoms with Gasteiger partial charge in [-0.05, 0) is 12.5 Å². The van der Waals surface area contributed by atoms with E-state index in [-0.39, 0.29) is 23.7 Å². The molecule has 0 spiro atoms. The molecule has 0 radical (unpaired) electrons. The summed E-state index contributed by atoms with van der Waals surface area (Å²) in [5.74, 6) is -0.253. The third kappa shape index (κ3) is 7.10. The second-order valence-electron chi connectivity index (χ2n) is 8.70. The normalized spacial score (nSPS) is 24.7. The van der Waals surface area contributed by atoms with Gasteiger partial charge in [0, 0.05) is 0 Å². The maximum atomic E-state index is 12.8. The number of fused-ring (bicyclic) bond motifs is 1. The molecule has 220 valence electrons. The number of imidazole rings is 1. The summed E-state index contributed by atoms with van der Waals surface area (Å²) in [5, 5.41) is 21.2. The third-order valence-corrected chi connectivity index (χ3v) is 9.36. The standard InChI is InChI=1S/C18H24N5O14P3/c1-9-3-2-4-10(5-9)6-22-8-23(15-12(22)16(26)21-18(19)20-15)17-14(25)13(24)11(35-17)7-34-39(30,31)37-40(32,33)36-38(27,28)29/h2-5,8,11,13-14,17,24-25H,6-7H2,1H3,(H6-,19,20,21,26,27,28,29,30,31,32,33)/p+1/t11-,13-,14-,17-/m1/s1. The molecule has 4 rings (SSSR count). The van der Waals surface area contributed by atoms with Crippen LogP contribution >= 0.6 is 23.5 Å². The number of benzene rings is 1. The van der Waals surface area contributed by atoms with Crippen LogP contribution in [0.4, 0.5) is 5.95 Å². The number of hydrogen-bond donors (Lipinski definition) is 8. The summed E-state index contributed by atoms with van der Waals surface area (Å²) in [6.45, 7) is 1.07. The number of phosphoric ester groups is 1. The summed E-state index contributed by atoms with van der Waals surface area (Å²) in [5.41, 5.74) is 6.92. The van der Waals surface area contributed by atoms with Gasteiger partial charge < -0.3 is 40.3 Å². The zero-order valence-electron chi connectivity index (χ0n) is 20.3. The monoisotopic (exact) mass is 628 g/mol. The number of phosphoric acid groups is 3. The Kier molecular flexibility index (Phi) is 8.53. The summed E-state index contributed by atoms with van der Waals surface area (Å²) < 4.78 is 54.4. The van der Waals surface area contributed by atoms with Gasteiger partial charge in [0.25, 0.3) is 11.5 Å². The van der Waals surface area contributed by atoms with E-state index < -0.39 is 60.2 Å². The summed E-state index contributed by atoms with van der Waals surface area (Å²) in [4.78, 5) is 55.4. The Hall–Kier alpha value is -2.34. The molecule has 2 aromatic heterocycles. The van der Waals surface area contributed by atoms with Crippen LogP contribution < -0.4 is 15.9 Å². The topological polar surface area (TPSA) is 290 Å². The van der Waals surface area contributed by atoms with Crippen molar-refractivity contribution in [2.75, 3.05) is 12.3 Å². The molecule has 1 aromatic carbocycles. The average Bonchev–Trinajstić information content (AvgIpc) is 3.27. The minimum atomic E-state index is -5.76. The van der Waals surface area contributed by atoms with Crippen LogP contribution in [0.5, 0.6) is 0 Å². The highest BCUT2D eigenvalue weighted by Gasteiger charge is 2.49. The highest BCUT2D eigenvalue weighted by Crippen LogP contribution is 2.66. The number of nitrogens with zero attached hydrogens (tertiary/aromatic N) is 3. The number of aromatic amines is 1. The van der Waals surface area contributed by atoms with Crippen molar-refractivity contribution in [2.45, 2.75) is 38.0 Å². The van der Waals surface area contributed by atoms with E-state index in [2.05, 4.69) is 23.1 Å². The van der Waals surface area contributed by atoms with Gasteiger partial charge in [0.15, 0.2) is 6.33 Å². The predicted octanol–water partition coefficient (Wildman–Crippen LogP) is -1.09. The zero-order valence-corrected chi connectivity index (χ0v) is 23.0. The maximum Gasteiger partial charge on any atom is 0.490 e. The molecule has 40 heavy (non-hydrogen) atoms. The Balaban J connectivity index is 1.58. The highest BCUT2D eigenvalue weighted by molar-refractivity contribution is 7.66. The first-order chi connectivity index (χ1) is 18.4. The molecule has 3 heterocycles. The lowest BCUT2D eigenvalue weighted by atomic mass is 10.1. The SMILES string of the molecule is Cc1cccc(Cn2c[n+]([C@@H]3O[C@H](COP(=O)(O)OP(=O)(O)OP(=O)(O)O)[C@@H](O)[C@H]3O)c3nc(N)[nH]c(=O)c32)c1. The number of aromatic nitrogens is 4. The third-order valence-electron chi connectivity index (χ3n) is 5.56. The Morgan fingerprint density at radius 1 is 1.12 bits per heavy atom. The molecule has 19 nitrogen and oxygen atoms in total. The van der Waals surface area contributed by atoms with Crippen LogP contribution in [0, 0.1) is 6.92 Å². The van der Waals surface area contributed by atoms with Crippen molar-refractivity contribution in [3.63, 3.8) is 0 Å². The summed E-state index contributed by atoms with van der Waals surface area (Å²) >= 11 is 0. The second kappa shape index (κ2) is 11.2. The number of aliphatic hydroxyl groups is 2. The number of H-pyrrole nitrogens is 1. The van der Waals surface area contributed by atoms with E-state index in [1.807, 2.05) is 31.2 Å². The van der Waals surface area contributed by atoms with E-state index in [0.29, 0.717) is 0 Å². The smallest absolute Gasteiger partial charge is 0.387 e. The molecule has 1 fully saturated rings. The minimum absolute atomic E-state index is 0.0290. The van der Waals surface area contributed by atoms with Crippen LogP contribution in [0.15, 0.2) is 35.4 Å². The van der Waals surface area contributed by atoms with Crippen LogP contribution in [0.25, 0.3) is 11.2 Å². The van der Waals surface area contributed by atoms with Crippen molar-refractivity contribution >= 4 is 40.6 Å². The Bertz CT molecular complexity index is 1620. The number of hydrogen-bond acceptors (Lipinski definition) is 12. The summed E-state index contributed by atoms with van der Waals surface area (Å²) in [6.07, 6.45) is -5.06. The molecule has 0 saturated carbocycles. The molecule has 9 N–H and O–H groups in total. The number of nitrogens with one attached hydrogen (secondary N) is 1. The van der Waals surface area contributed by atoms with Gasteiger partial charge in [0.1, 0.15) is 18.3 Å². The molecule has 3 aromatic rings. The largest absolute Gasteiger partial charge is 0.490 e. The number of aliphatic hydroxyl groups excluding tert-OH is 2. The fourth-order valence-corrected chi connectivity index (χ4v) is 7.08. The van der Waals surface area contributed by atoms with Crippen LogP contribution in [-0.4, -0.2) is 69.2 Å². The van der Waals surface area contributed by atoms with Crippen LogP contribution in [0.2, 0.25) is 0 Å². The number of aryl methyl sites for hydroxylation is 1. The Morgan fingerprint density at radius 2 is 1.82 bits per heavy atom. The van der Waals surface area contributed by atoms with Crippen molar-refractivity contribution < 1.29 is 65.9 Å². The fraction of sp³-hybridized carbons (Fsp3) is 0.389. The summed E-state index contributed by atoms with van der Waals surface area (Å²) in [7, 11) is -16.9. The van der Waals surface area contributed by atoms with E-state index in [1.54, 1.807) is 0 Å². The lowest BCUT2D eigenvalue weighted by molar-refractivity contribution is -0.745. The molecule has 6 atom stereocenters. The molecular weight excluding hydrogens is 603 g/mol. The van der Waals surface area contributed by atoms with E-state index in [9.17, 15) is 38.5 Å². The van der Waals surface area contributed by atoms with Crippen molar-refractivity contribution in [1.82, 2.24) is 14.5 Å². The predicted molar refractivity (Wildman–Crippen MR) is 131 cm³/mol. The average molecular weight is 628 g/mol. The fourth-order valence-electron chi connectivity index (χ4n) is 4.05. The quantitative estimate of drug-likeness (QED) is 0.0978. The van der Waals surface area contributed by atoms with Gasteiger partial charge in [-0.1, -0.05) is 34.8 Å². The van der Waals surface area contributed by atoms with Crippen molar-refractivity contribution in [2.24, 2.45) is 0 Å². The van der Waals surface area contributed by atoms with Gasteiger partial charge >= 0.3 is 29.1 Å². The molecule has 1 aliphatic heterocycles. The number of nitrogen functional groups attached to an aromatic ring is 1. The van der Waals surface area contributed by atoms with Gasteiger partial charge in [0.05, 0.1) is 13.2 Å². The molecule has 1 saturated heterocycles. The van der Waals surface area contributed by atoms with E-state index in [1.165, 1.54) is 15.5 Å². The first kappa shape index (κ1) is 30.6. The first-order valence-corrected chi connectivity index (χ1v) is 15.6. The lowest BCUT2D eigenvalue weighted by Crippen LogP contribution is -2.46.